The summed E-state index contributed by atoms with van der Waals surface area (Å²) < 4.78 is 18.6. The second kappa shape index (κ2) is 9.60. The van der Waals surface area contributed by atoms with Gasteiger partial charge in [0, 0.05) is 0 Å². The summed E-state index contributed by atoms with van der Waals surface area (Å²) in [6.45, 7) is 9.37. The summed E-state index contributed by atoms with van der Waals surface area (Å²) >= 11 is 0. The van der Waals surface area contributed by atoms with Gasteiger partial charge in [-0.25, -0.2) is 14.4 Å². The van der Waals surface area contributed by atoms with Crippen molar-refractivity contribution < 1.29 is 33.3 Å². The van der Waals surface area contributed by atoms with Crippen LogP contribution < -0.4 is 0 Å². The molecule has 7 heteroatoms. The Kier molecular flexibility index (Phi) is 8.49. The van der Waals surface area contributed by atoms with E-state index in [1.807, 2.05) is 0 Å². The normalized spacial score (nSPS) is 12.5. The topological polar surface area (TPSA) is 88.1 Å². The predicted molar refractivity (Wildman–Crippen MR) is 68.8 cm³/mol. The molecule has 112 valence electrons. The Morgan fingerprint density at radius 3 is 1.55 bits per heavy atom. The molecular formula is C13H18O7. The highest BCUT2D eigenvalue weighted by Crippen LogP contribution is 2.02. The minimum absolute atomic E-state index is 0.00582. The number of carbonyl (C=O) groups excluding carboxylic acids is 3. The molecule has 0 rings (SSSR count). The molecule has 20 heavy (non-hydrogen) atoms. The SMILES string of the molecule is C=CCOC(=O)[C@H](C)OC(=O)O[C@@H](C)C(=O)OCC=C. The van der Waals surface area contributed by atoms with Gasteiger partial charge in [-0.2, -0.15) is 0 Å². The largest absolute Gasteiger partial charge is 0.509 e. The molecule has 7 nitrogen and oxygen atoms in total. The van der Waals surface area contributed by atoms with Gasteiger partial charge in [0.15, 0.2) is 12.2 Å². The fourth-order valence-electron chi connectivity index (χ4n) is 0.930. The Bertz CT molecular complexity index is 341. The van der Waals surface area contributed by atoms with Crippen LogP contribution in [0.5, 0.6) is 0 Å². The lowest BCUT2D eigenvalue weighted by atomic mass is 10.4. The monoisotopic (exact) mass is 286 g/mol. The molecule has 0 fully saturated rings. The average Bonchev–Trinajstić information content (AvgIpc) is 2.41. The van der Waals surface area contributed by atoms with Crippen molar-refractivity contribution in [1.29, 1.82) is 0 Å². The van der Waals surface area contributed by atoms with Crippen molar-refractivity contribution in [3.05, 3.63) is 25.3 Å². The standard InChI is InChI=1S/C13H18O7/c1-5-7-17-11(14)9(3)19-13(16)20-10(4)12(15)18-8-6-2/h5-6,9-10H,1-2,7-8H2,3-4H3/t9-,10-/m0/s1. The molecule has 0 bridgehead atoms. The van der Waals surface area contributed by atoms with E-state index in [0.29, 0.717) is 0 Å². The van der Waals surface area contributed by atoms with Gasteiger partial charge in [0.05, 0.1) is 0 Å². The van der Waals surface area contributed by atoms with E-state index in [1.54, 1.807) is 0 Å². The molecule has 0 heterocycles. The summed E-state index contributed by atoms with van der Waals surface area (Å²) in [4.78, 5) is 33.9. The van der Waals surface area contributed by atoms with Crippen LogP contribution in [0.1, 0.15) is 13.8 Å². The van der Waals surface area contributed by atoms with E-state index in [9.17, 15) is 14.4 Å². The first kappa shape index (κ1) is 17.7. The molecule has 0 aliphatic rings. The van der Waals surface area contributed by atoms with E-state index >= 15 is 0 Å². The summed E-state index contributed by atoms with van der Waals surface area (Å²) in [5, 5.41) is 0. The first-order valence-electron chi connectivity index (χ1n) is 5.84. The van der Waals surface area contributed by atoms with Crippen molar-refractivity contribution in [2.75, 3.05) is 13.2 Å². The van der Waals surface area contributed by atoms with Crippen LogP contribution in [-0.4, -0.2) is 43.5 Å². The molecular weight excluding hydrogens is 268 g/mol. The van der Waals surface area contributed by atoms with Gasteiger partial charge in [-0.15, -0.1) is 0 Å². The van der Waals surface area contributed by atoms with Crippen molar-refractivity contribution in [2.24, 2.45) is 0 Å². The first-order valence-corrected chi connectivity index (χ1v) is 5.84. The van der Waals surface area contributed by atoms with Crippen molar-refractivity contribution in [3.63, 3.8) is 0 Å². The third kappa shape index (κ3) is 7.20. The first-order chi connectivity index (χ1) is 9.42. The number of esters is 2. The lowest BCUT2D eigenvalue weighted by molar-refractivity contribution is -0.156. The maximum Gasteiger partial charge on any atom is 0.509 e. The Morgan fingerprint density at radius 2 is 1.25 bits per heavy atom. The van der Waals surface area contributed by atoms with Gasteiger partial charge in [-0.3, -0.25) is 0 Å². The van der Waals surface area contributed by atoms with Gasteiger partial charge in [-0.1, -0.05) is 25.3 Å². The van der Waals surface area contributed by atoms with E-state index in [1.165, 1.54) is 26.0 Å². The zero-order chi connectivity index (χ0) is 15.5. The third-order valence-electron chi connectivity index (χ3n) is 1.90. The number of rotatable bonds is 8. The van der Waals surface area contributed by atoms with Gasteiger partial charge in [0.25, 0.3) is 0 Å². The fourth-order valence-corrected chi connectivity index (χ4v) is 0.930. The number of hydrogen-bond donors (Lipinski definition) is 0. The van der Waals surface area contributed by atoms with Gasteiger partial charge in [0.1, 0.15) is 13.2 Å². The molecule has 0 aliphatic carbocycles. The molecule has 2 atom stereocenters. The Morgan fingerprint density at radius 1 is 0.900 bits per heavy atom. The smallest absolute Gasteiger partial charge is 0.459 e. The van der Waals surface area contributed by atoms with Gasteiger partial charge >= 0.3 is 18.1 Å². The van der Waals surface area contributed by atoms with Gasteiger partial charge in [-0.05, 0) is 13.8 Å². The van der Waals surface area contributed by atoms with E-state index in [0.717, 1.165) is 0 Å². The molecule has 0 aromatic carbocycles. The second-order valence-electron chi connectivity index (χ2n) is 3.61. The maximum atomic E-state index is 11.3. The van der Waals surface area contributed by atoms with Crippen LogP contribution in [0.15, 0.2) is 25.3 Å². The Balaban J connectivity index is 4.14. The van der Waals surface area contributed by atoms with E-state index < -0.39 is 30.3 Å². The fraction of sp³-hybridized carbons (Fsp3) is 0.462. The highest BCUT2D eigenvalue weighted by molar-refractivity contribution is 5.79. The van der Waals surface area contributed by atoms with Crippen LogP contribution in [0, 0.1) is 0 Å². The highest BCUT2D eigenvalue weighted by atomic mass is 16.7. The second-order valence-corrected chi connectivity index (χ2v) is 3.61. The van der Waals surface area contributed by atoms with Gasteiger partial charge < -0.3 is 18.9 Å². The zero-order valence-corrected chi connectivity index (χ0v) is 11.5. The molecule has 0 spiro atoms. The molecule has 0 saturated carbocycles. The van der Waals surface area contributed by atoms with E-state index in [4.69, 9.17) is 0 Å². The Hall–Kier alpha value is -2.31. The molecule has 0 aliphatic heterocycles. The molecule has 0 unspecified atom stereocenters. The summed E-state index contributed by atoms with van der Waals surface area (Å²) in [7, 11) is 0. The lowest BCUT2D eigenvalue weighted by Crippen LogP contribution is -2.31. The van der Waals surface area contributed by atoms with Crippen LogP contribution in [0.2, 0.25) is 0 Å². The lowest BCUT2D eigenvalue weighted by Gasteiger charge is -2.14. The predicted octanol–water partition coefficient (Wildman–Crippen LogP) is 1.38. The van der Waals surface area contributed by atoms with Crippen molar-refractivity contribution in [1.82, 2.24) is 0 Å². The van der Waals surface area contributed by atoms with Crippen LogP contribution in [0.25, 0.3) is 0 Å². The molecule has 0 amide bonds. The molecule has 0 saturated heterocycles. The van der Waals surface area contributed by atoms with E-state index in [2.05, 4.69) is 32.1 Å². The maximum absolute atomic E-state index is 11.3. The molecule has 0 radical (unpaired) electrons. The third-order valence-corrected chi connectivity index (χ3v) is 1.90. The van der Waals surface area contributed by atoms with Crippen LogP contribution in [0.3, 0.4) is 0 Å². The van der Waals surface area contributed by atoms with Crippen molar-refractivity contribution >= 4 is 18.1 Å². The molecule has 0 aromatic heterocycles. The summed E-state index contributed by atoms with van der Waals surface area (Å²) in [6.07, 6.45) is -0.727. The number of carbonyl (C=O) groups is 3. The van der Waals surface area contributed by atoms with E-state index in [-0.39, 0.29) is 13.2 Å². The number of hydrogen-bond acceptors (Lipinski definition) is 7. The summed E-state index contributed by atoms with van der Waals surface area (Å²) in [5.74, 6) is -1.49. The Labute approximate surface area is 117 Å². The van der Waals surface area contributed by atoms with Crippen LogP contribution >= 0.6 is 0 Å². The van der Waals surface area contributed by atoms with Crippen molar-refractivity contribution in [2.45, 2.75) is 26.1 Å². The summed E-state index contributed by atoms with van der Waals surface area (Å²) in [5.41, 5.74) is 0. The molecule has 0 N–H and O–H groups in total. The molecule has 0 aromatic rings. The van der Waals surface area contributed by atoms with Crippen LogP contribution in [0.4, 0.5) is 4.79 Å². The van der Waals surface area contributed by atoms with Crippen LogP contribution in [-0.2, 0) is 28.5 Å². The quantitative estimate of drug-likeness (QED) is 0.378. The van der Waals surface area contributed by atoms with Gasteiger partial charge in [0.2, 0.25) is 0 Å². The highest BCUT2D eigenvalue weighted by Gasteiger charge is 2.24. The minimum Gasteiger partial charge on any atom is -0.459 e. The minimum atomic E-state index is -1.17. The zero-order valence-electron chi connectivity index (χ0n) is 11.5. The summed E-state index contributed by atoms with van der Waals surface area (Å²) in [6, 6.07) is 0. The van der Waals surface area contributed by atoms with Crippen molar-refractivity contribution in [3.8, 4) is 0 Å². The number of ether oxygens (including phenoxy) is 4. The average molecular weight is 286 g/mol.